The van der Waals surface area contributed by atoms with Crippen molar-refractivity contribution in [2.24, 2.45) is 5.73 Å². The molecule has 0 atom stereocenters. The van der Waals surface area contributed by atoms with Gasteiger partial charge in [0.1, 0.15) is 0 Å². The van der Waals surface area contributed by atoms with E-state index in [-0.39, 0.29) is 5.60 Å². The van der Waals surface area contributed by atoms with E-state index in [0.717, 1.165) is 0 Å². The predicted octanol–water partition coefficient (Wildman–Crippen LogP) is 1.77. The molecular weight excluding hydrogens is 210 g/mol. The summed E-state index contributed by atoms with van der Waals surface area (Å²) in [4.78, 5) is 0. The minimum Gasteiger partial charge on any atom is -0.374 e. The Bertz CT molecular complexity index is 154. The van der Waals surface area contributed by atoms with E-state index in [0.29, 0.717) is 25.8 Å². The molecule has 0 spiro atoms. The third-order valence-electron chi connectivity index (χ3n) is 1.64. The lowest BCUT2D eigenvalue weighted by Crippen LogP contribution is -2.51. The van der Waals surface area contributed by atoms with Gasteiger partial charge in [-0.15, -0.1) is 0 Å². The topological polar surface area (TPSA) is 53.7 Å². The lowest BCUT2D eigenvalue weighted by molar-refractivity contribution is -0.00000112. The van der Waals surface area contributed by atoms with E-state index in [1.54, 1.807) is 0 Å². The monoisotopic (exact) mass is 235 g/mol. The lowest BCUT2D eigenvalue weighted by atomic mass is 10.2. The minimum absolute atomic E-state index is 0.258. The first-order chi connectivity index (χ1) is 6.89. The van der Waals surface area contributed by atoms with Crippen LogP contribution in [0.3, 0.4) is 0 Å². The van der Waals surface area contributed by atoms with Gasteiger partial charge in [-0.3, -0.25) is 0 Å². The van der Waals surface area contributed by atoms with E-state index in [1.807, 2.05) is 34.6 Å². The molecule has 0 saturated carbocycles. The van der Waals surface area contributed by atoms with Crippen LogP contribution in [0.5, 0.6) is 0 Å². The molecule has 0 amide bonds. The first-order valence-corrected chi connectivity index (χ1v) is 7.50. The molecule has 4 nitrogen and oxygen atoms in total. The van der Waals surface area contributed by atoms with Crippen molar-refractivity contribution in [2.45, 2.75) is 46.3 Å². The van der Waals surface area contributed by atoms with Gasteiger partial charge >= 0.3 is 8.80 Å². The Morgan fingerprint density at radius 2 is 1.53 bits per heavy atom. The lowest BCUT2D eigenvalue weighted by Gasteiger charge is -2.35. The van der Waals surface area contributed by atoms with Crippen molar-refractivity contribution < 1.29 is 13.3 Å². The van der Waals surface area contributed by atoms with Gasteiger partial charge in [-0.05, 0) is 41.2 Å². The van der Waals surface area contributed by atoms with E-state index in [9.17, 15) is 0 Å². The van der Waals surface area contributed by atoms with Crippen LogP contribution in [-0.2, 0) is 13.3 Å². The van der Waals surface area contributed by atoms with Crippen LogP contribution in [0.2, 0.25) is 6.04 Å². The smallest absolute Gasteiger partial charge is 0.374 e. The molecular formula is C10H25NO3Si. The van der Waals surface area contributed by atoms with Gasteiger partial charge in [0.15, 0.2) is 0 Å². The number of hydrogen-bond donors (Lipinski definition) is 1. The standard InChI is InChI=1S/C10H25NO3Si/c1-6-12-15(9-8-11,13-7-2)14-10(3,4)5/h6-9,11H2,1-5H3. The molecule has 0 bridgehead atoms. The van der Waals surface area contributed by atoms with Crippen LogP contribution in [-0.4, -0.2) is 34.2 Å². The Morgan fingerprint density at radius 3 is 1.80 bits per heavy atom. The van der Waals surface area contributed by atoms with Crippen LogP contribution >= 0.6 is 0 Å². The molecule has 0 rings (SSSR count). The fourth-order valence-corrected chi connectivity index (χ4v) is 4.14. The molecule has 2 N–H and O–H groups in total. The third-order valence-corrected chi connectivity index (χ3v) is 4.92. The average molecular weight is 235 g/mol. The molecule has 0 aromatic rings. The van der Waals surface area contributed by atoms with E-state index < -0.39 is 8.80 Å². The molecule has 0 aromatic heterocycles. The highest BCUT2D eigenvalue weighted by Crippen LogP contribution is 2.22. The van der Waals surface area contributed by atoms with Crippen molar-refractivity contribution in [3.63, 3.8) is 0 Å². The van der Waals surface area contributed by atoms with Crippen LogP contribution in [0.25, 0.3) is 0 Å². The zero-order valence-corrected chi connectivity index (χ0v) is 11.6. The van der Waals surface area contributed by atoms with Gasteiger partial charge in [0, 0.05) is 19.3 Å². The summed E-state index contributed by atoms with van der Waals surface area (Å²) >= 11 is 0. The van der Waals surface area contributed by atoms with Gasteiger partial charge in [0.25, 0.3) is 0 Å². The van der Waals surface area contributed by atoms with Crippen molar-refractivity contribution >= 4 is 8.80 Å². The van der Waals surface area contributed by atoms with Crippen molar-refractivity contribution in [1.82, 2.24) is 0 Å². The van der Waals surface area contributed by atoms with Crippen molar-refractivity contribution in [1.29, 1.82) is 0 Å². The summed E-state index contributed by atoms with van der Waals surface area (Å²) < 4.78 is 17.4. The van der Waals surface area contributed by atoms with Gasteiger partial charge in [0.2, 0.25) is 0 Å². The summed E-state index contributed by atoms with van der Waals surface area (Å²) in [6.07, 6.45) is 0. The SMILES string of the molecule is CCO[Si](CCN)(OCC)OC(C)(C)C. The van der Waals surface area contributed by atoms with E-state index >= 15 is 0 Å². The summed E-state index contributed by atoms with van der Waals surface area (Å²) in [5.41, 5.74) is 5.33. The molecule has 0 saturated heterocycles. The molecule has 0 radical (unpaired) electrons. The molecule has 0 aliphatic heterocycles. The molecule has 5 heteroatoms. The zero-order valence-electron chi connectivity index (χ0n) is 10.6. The summed E-state index contributed by atoms with van der Waals surface area (Å²) in [5, 5.41) is 0. The van der Waals surface area contributed by atoms with E-state index in [1.165, 1.54) is 0 Å². The molecule has 0 fully saturated rings. The molecule has 15 heavy (non-hydrogen) atoms. The van der Waals surface area contributed by atoms with Gasteiger partial charge in [-0.25, -0.2) is 0 Å². The Kier molecular flexibility index (Phi) is 6.62. The average Bonchev–Trinajstić information content (AvgIpc) is 2.01. The van der Waals surface area contributed by atoms with Crippen molar-refractivity contribution in [3.05, 3.63) is 0 Å². The maximum Gasteiger partial charge on any atom is 0.502 e. The third kappa shape index (κ3) is 6.27. The summed E-state index contributed by atoms with van der Waals surface area (Å²) in [6, 6.07) is 0.673. The second kappa shape index (κ2) is 6.60. The maximum atomic E-state index is 5.96. The Morgan fingerprint density at radius 1 is 1.07 bits per heavy atom. The second-order valence-corrected chi connectivity index (χ2v) is 6.95. The summed E-state index contributed by atoms with van der Waals surface area (Å²) in [5.74, 6) is 0. The fourth-order valence-electron chi connectivity index (χ4n) is 1.38. The Hall–Kier alpha value is 0.0569. The highest BCUT2D eigenvalue weighted by molar-refractivity contribution is 6.60. The summed E-state index contributed by atoms with van der Waals surface area (Å²) in [7, 11) is -2.56. The Labute approximate surface area is 94.5 Å². The second-order valence-electron chi connectivity index (χ2n) is 4.30. The molecule has 0 heterocycles. The largest absolute Gasteiger partial charge is 0.502 e. The van der Waals surface area contributed by atoms with Gasteiger partial charge < -0.3 is 19.0 Å². The number of nitrogens with two attached hydrogens (primary N) is 1. The van der Waals surface area contributed by atoms with Gasteiger partial charge in [0.05, 0.1) is 5.60 Å². The van der Waals surface area contributed by atoms with Crippen LogP contribution < -0.4 is 5.73 Å². The van der Waals surface area contributed by atoms with E-state index in [4.69, 9.17) is 19.0 Å². The normalized spacial score (nSPS) is 13.2. The molecule has 0 unspecified atom stereocenters. The number of rotatable bonds is 7. The molecule has 0 aliphatic rings. The maximum absolute atomic E-state index is 5.96. The number of hydrogen-bond acceptors (Lipinski definition) is 4. The molecule has 92 valence electrons. The van der Waals surface area contributed by atoms with Crippen molar-refractivity contribution in [3.8, 4) is 0 Å². The fraction of sp³-hybridized carbons (Fsp3) is 1.00. The van der Waals surface area contributed by atoms with Crippen LogP contribution in [0.15, 0.2) is 0 Å². The van der Waals surface area contributed by atoms with Crippen LogP contribution in [0.4, 0.5) is 0 Å². The first-order valence-electron chi connectivity index (χ1n) is 5.57. The van der Waals surface area contributed by atoms with Crippen LogP contribution in [0, 0.1) is 0 Å². The highest BCUT2D eigenvalue weighted by atomic mass is 28.4. The highest BCUT2D eigenvalue weighted by Gasteiger charge is 2.43. The van der Waals surface area contributed by atoms with Crippen molar-refractivity contribution in [2.75, 3.05) is 19.8 Å². The zero-order chi connectivity index (χ0) is 11.9. The molecule has 0 aliphatic carbocycles. The van der Waals surface area contributed by atoms with Gasteiger partial charge in [-0.2, -0.15) is 0 Å². The summed E-state index contributed by atoms with van der Waals surface area (Å²) in [6.45, 7) is 11.6. The minimum atomic E-state index is -2.56. The van der Waals surface area contributed by atoms with Gasteiger partial charge in [-0.1, -0.05) is 0 Å². The first kappa shape index (κ1) is 15.1. The van der Waals surface area contributed by atoms with E-state index in [2.05, 4.69) is 0 Å². The predicted molar refractivity (Wildman–Crippen MR) is 63.7 cm³/mol. The Balaban J connectivity index is 4.60. The molecule has 0 aromatic carbocycles. The quantitative estimate of drug-likeness (QED) is 0.683. The van der Waals surface area contributed by atoms with Crippen LogP contribution in [0.1, 0.15) is 34.6 Å².